The minimum Gasteiger partial charge on any atom is -0.497 e. The number of aliphatic hydroxyl groups is 1. The lowest BCUT2D eigenvalue weighted by Gasteiger charge is -2.31. The Bertz CT molecular complexity index is 2480. The molecule has 12 heteroatoms. The SMILES string of the molecule is COc1cccc([C@H]2OC(c3ccc(OCCCO)cc3)=N[C@@]2(Cc2ccccc2CN=[N+]=[N-])C(=O)NCCc2ccc(OCc3ccccc3)c(OCc3ccccc3)c2)c1. The summed E-state index contributed by atoms with van der Waals surface area (Å²) in [4.78, 5) is 23.3. The van der Waals surface area contributed by atoms with Gasteiger partial charge in [-0.3, -0.25) is 4.79 Å². The summed E-state index contributed by atoms with van der Waals surface area (Å²) in [5.74, 6) is 2.39. The van der Waals surface area contributed by atoms with E-state index in [0.717, 1.165) is 27.8 Å². The second-order valence-electron chi connectivity index (χ2n) is 14.7. The summed E-state index contributed by atoms with van der Waals surface area (Å²) in [6, 6.07) is 48.1. The lowest BCUT2D eigenvalue weighted by molar-refractivity contribution is -0.128. The molecule has 1 aliphatic rings. The highest BCUT2D eigenvalue weighted by molar-refractivity contribution is 6.01. The summed E-state index contributed by atoms with van der Waals surface area (Å²) in [6.07, 6.45) is 0.249. The molecule has 0 radical (unpaired) electrons. The number of ether oxygens (including phenoxy) is 5. The van der Waals surface area contributed by atoms with Crippen molar-refractivity contribution < 1.29 is 33.6 Å². The van der Waals surface area contributed by atoms with Crippen LogP contribution in [0, 0.1) is 0 Å². The molecule has 6 aromatic carbocycles. The zero-order valence-electron chi connectivity index (χ0n) is 34.6. The molecule has 62 heavy (non-hydrogen) atoms. The van der Waals surface area contributed by atoms with E-state index in [2.05, 4.69) is 15.3 Å². The maximum absolute atomic E-state index is 15.1. The molecule has 1 heterocycles. The van der Waals surface area contributed by atoms with E-state index in [1.807, 2.05) is 152 Å². The van der Waals surface area contributed by atoms with Crippen molar-refractivity contribution >= 4 is 11.8 Å². The summed E-state index contributed by atoms with van der Waals surface area (Å²) >= 11 is 0. The second-order valence-corrected chi connectivity index (χ2v) is 14.7. The van der Waals surface area contributed by atoms with Crippen LogP contribution in [0.2, 0.25) is 0 Å². The van der Waals surface area contributed by atoms with Gasteiger partial charge in [-0.1, -0.05) is 108 Å². The molecule has 316 valence electrons. The molecule has 6 aromatic rings. The molecule has 0 saturated carbocycles. The van der Waals surface area contributed by atoms with E-state index >= 15 is 4.79 Å². The number of nitrogens with one attached hydrogen (secondary N) is 1. The third-order valence-corrected chi connectivity index (χ3v) is 10.5. The normalized spacial score (nSPS) is 15.4. The van der Waals surface area contributed by atoms with Crippen molar-refractivity contribution in [2.75, 3.05) is 26.9 Å². The van der Waals surface area contributed by atoms with Crippen LogP contribution < -0.4 is 24.3 Å². The fraction of sp³-hybridized carbons (Fsp3) is 0.240. The lowest BCUT2D eigenvalue weighted by atomic mass is 9.80. The molecule has 0 aliphatic carbocycles. The summed E-state index contributed by atoms with van der Waals surface area (Å²) in [5.41, 5.74) is 13.6. The predicted octanol–water partition coefficient (Wildman–Crippen LogP) is 9.28. The Kier molecular flexibility index (Phi) is 14.7. The number of amides is 1. The van der Waals surface area contributed by atoms with E-state index in [-0.39, 0.29) is 37.9 Å². The minimum atomic E-state index is -1.51. The monoisotopic (exact) mass is 831 g/mol. The number of carbonyl (C=O) groups is 1. The second kappa shape index (κ2) is 21.3. The smallest absolute Gasteiger partial charge is 0.252 e. The van der Waals surface area contributed by atoms with Crippen molar-refractivity contribution in [3.8, 4) is 23.0 Å². The first kappa shape index (κ1) is 42.8. The van der Waals surface area contributed by atoms with E-state index in [1.165, 1.54) is 0 Å². The van der Waals surface area contributed by atoms with Gasteiger partial charge in [-0.25, -0.2) is 4.99 Å². The summed E-state index contributed by atoms with van der Waals surface area (Å²) in [7, 11) is 1.59. The number of hydrogen-bond acceptors (Lipinski definition) is 9. The van der Waals surface area contributed by atoms with Gasteiger partial charge >= 0.3 is 0 Å². The number of methoxy groups -OCH3 is 1. The van der Waals surface area contributed by atoms with Crippen LogP contribution in [-0.2, 0) is 42.1 Å². The quantitative estimate of drug-likeness (QED) is 0.0317. The van der Waals surface area contributed by atoms with Crippen molar-refractivity contribution in [2.45, 2.75) is 50.7 Å². The summed E-state index contributed by atoms with van der Waals surface area (Å²) in [5, 5.41) is 16.3. The van der Waals surface area contributed by atoms with Crippen LogP contribution in [0.4, 0.5) is 0 Å². The fourth-order valence-electron chi connectivity index (χ4n) is 7.25. The van der Waals surface area contributed by atoms with Gasteiger partial charge in [0.25, 0.3) is 5.91 Å². The van der Waals surface area contributed by atoms with Crippen LogP contribution in [0.15, 0.2) is 162 Å². The largest absolute Gasteiger partial charge is 0.497 e. The van der Waals surface area contributed by atoms with Crippen LogP contribution in [0.3, 0.4) is 0 Å². The van der Waals surface area contributed by atoms with Crippen LogP contribution in [0.1, 0.15) is 51.5 Å². The molecule has 0 unspecified atom stereocenters. The van der Waals surface area contributed by atoms with Crippen LogP contribution in [0.5, 0.6) is 23.0 Å². The third kappa shape index (κ3) is 10.9. The number of aliphatic imine (C=N–C) groups is 1. The van der Waals surface area contributed by atoms with Crippen LogP contribution in [-0.4, -0.2) is 49.3 Å². The van der Waals surface area contributed by atoms with E-state index in [4.69, 9.17) is 28.7 Å². The maximum Gasteiger partial charge on any atom is 0.252 e. The summed E-state index contributed by atoms with van der Waals surface area (Å²) < 4.78 is 30.7. The molecule has 1 amide bonds. The molecule has 2 atom stereocenters. The predicted molar refractivity (Wildman–Crippen MR) is 237 cm³/mol. The highest BCUT2D eigenvalue weighted by Gasteiger charge is 2.53. The van der Waals surface area contributed by atoms with E-state index < -0.39 is 11.6 Å². The first-order valence-electron chi connectivity index (χ1n) is 20.5. The van der Waals surface area contributed by atoms with E-state index in [1.54, 1.807) is 7.11 Å². The van der Waals surface area contributed by atoms with Gasteiger partial charge in [0.2, 0.25) is 5.90 Å². The molecule has 0 saturated heterocycles. The number of carbonyl (C=O) groups excluding carboxylic acids is 1. The number of benzene rings is 6. The molecular formula is C50H49N5O7. The van der Waals surface area contributed by atoms with Gasteiger partial charge in [-0.05, 0) is 93.9 Å². The Labute approximate surface area is 361 Å². The Morgan fingerprint density at radius 1 is 0.774 bits per heavy atom. The molecule has 1 aliphatic heterocycles. The van der Waals surface area contributed by atoms with Crippen molar-refractivity contribution in [1.29, 1.82) is 0 Å². The number of nitrogens with zero attached hydrogens (tertiary/aromatic N) is 4. The number of aliphatic hydroxyl groups excluding tert-OH is 1. The fourth-order valence-corrected chi connectivity index (χ4v) is 7.25. The Morgan fingerprint density at radius 2 is 1.47 bits per heavy atom. The van der Waals surface area contributed by atoms with Crippen molar-refractivity contribution in [3.63, 3.8) is 0 Å². The zero-order valence-corrected chi connectivity index (χ0v) is 34.6. The molecule has 12 nitrogen and oxygen atoms in total. The van der Waals surface area contributed by atoms with Gasteiger partial charge in [-0.15, -0.1) is 0 Å². The van der Waals surface area contributed by atoms with E-state index in [0.29, 0.717) is 66.8 Å². The minimum absolute atomic E-state index is 0.0329. The molecule has 0 bridgehead atoms. The van der Waals surface area contributed by atoms with Crippen LogP contribution in [0.25, 0.3) is 10.4 Å². The molecule has 0 aromatic heterocycles. The first-order chi connectivity index (χ1) is 30.5. The third-order valence-electron chi connectivity index (χ3n) is 10.5. The van der Waals surface area contributed by atoms with Crippen molar-refractivity contribution in [3.05, 3.63) is 201 Å². The summed E-state index contributed by atoms with van der Waals surface area (Å²) in [6.45, 7) is 1.52. The number of rotatable bonds is 21. The van der Waals surface area contributed by atoms with Crippen molar-refractivity contribution in [1.82, 2.24) is 5.32 Å². The molecule has 0 fully saturated rings. The first-order valence-corrected chi connectivity index (χ1v) is 20.5. The lowest BCUT2D eigenvalue weighted by Crippen LogP contribution is -2.50. The average Bonchev–Trinajstić information content (AvgIpc) is 3.71. The van der Waals surface area contributed by atoms with E-state index in [9.17, 15) is 10.6 Å². The van der Waals surface area contributed by atoms with Gasteiger partial charge in [0.15, 0.2) is 23.1 Å². The van der Waals surface area contributed by atoms with Crippen molar-refractivity contribution in [2.24, 2.45) is 10.1 Å². The average molecular weight is 832 g/mol. The van der Waals surface area contributed by atoms with Gasteiger partial charge in [0.05, 0.1) is 20.3 Å². The Balaban J connectivity index is 1.20. The standard InChI is InChI=1S/C50H49N5O7/c1-58-44-19-10-18-40(31-44)47-50(32-41-16-8-9-17-42(41)33-53-55-51,54-48(62-47)39-21-23-43(24-22-39)59-29-11-28-56)49(57)52-27-26-36-20-25-45(60-34-37-12-4-2-5-13-37)46(30-36)61-35-38-14-6-3-7-15-38/h2-10,12-25,30-31,47,56H,11,26-29,32-35H2,1H3,(H,52,57)/t47-,50-/m1/s1. The Hall–Kier alpha value is -7.27. The highest BCUT2D eigenvalue weighted by atomic mass is 16.5. The molecule has 0 spiro atoms. The van der Waals surface area contributed by atoms with Gasteiger partial charge in [0, 0.05) is 36.5 Å². The molecule has 7 rings (SSSR count). The van der Waals surface area contributed by atoms with Gasteiger partial charge in [-0.2, -0.15) is 0 Å². The molecular weight excluding hydrogens is 783 g/mol. The van der Waals surface area contributed by atoms with Crippen LogP contribution >= 0.6 is 0 Å². The Morgan fingerprint density at radius 3 is 2.16 bits per heavy atom. The van der Waals surface area contributed by atoms with Gasteiger partial charge < -0.3 is 34.1 Å². The number of azide groups is 1. The van der Waals surface area contributed by atoms with Gasteiger partial charge in [0.1, 0.15) is 24.7 Å². The highest BCUT2D eigenvalue weighted by Crippen LogP contribution is 2.44. The molecule has 2 N–H and O–H groups in total. The topological polar surface area (TPSA) is 157 Å². The maximum atomic E-state index is 15.1. The zero-order chi connectivity index (χ0) is 43.0. The number of hydrogen-bond donors (Lipinski definition) is 2.